The fourth-order valence-corrected chi connectivity index (χ4v) is 8.25. The average molecular weight is 676 g/mol. The summed E-state index contributed by atoms with van der Waals surface area (Å²) >= 11 is 0. The summed E-state index contributed by atoms with van der Waals surface area (Å²) in [6.07, 6.45) is 0. The van der Waals surface area contributed by atoms with E-state index >= 15 is 0 Å². The van der Waals surface area contributed by atoms with Crippen molar-refractivity contribution in [1.82, 2.24) is 9.13 Å². The molecule has 246 valence electrons. The van der Waals surface area contributed by atoms with Crippen LogP contribution in [0.4, 0.5) is 0 Å². The maximum atomic E-state index is 9.21. The van der Waals surface area contributed by atoms with Crippen LogP contribution < -0.4 is 0 Å². The molecule has 0 aliphatic rings. The quantitative estimate of drug-likeness (QED) is 0.186. The van der Waals surface area contributed by atoms with Crippen LogP contribution in [0.2, 0.25) is 0 Å². The van der Waals surface area contributed by atoms with Crippen molar-refractivity contribution in [3.8, 4) is 39.7 Å². The molecule has 0 bridgehead atoms. The van der Waals surface area contributed by atoms with E-state index in [1.54, 1.807) is 0 Å². The largest absolute Gasteiger partial charge is 0.456 e. The van der Waals surface area contributed by atoms with Gasteiger partial charge in [0.05, 0.1) is 33.7 Å². The highest BCUT2D eigenvalue weighted by atomic mass is 16.3. The summed E-state index contributed by atoms with van der Waals surface area (Å²) in [5.41, 5.74) is 14.0. The number of fused-ring (bicyclic) bond motifs is 9. The molecule has 4 heteroatoms. The van der Waals surface area contributed by atoms with Gasteiger partial charge in [-0.3, -0.25) is 0 Å². The van der Waals surface area contributed by atoms with E-state index in [0.29, 0.717) is 5.56 Å². The van der Waals surface area contributed by atoms with Crippen molar-refractivity contribution in [2.75, 3.05) is 0 Å². The van der Waals surface area contributed by atoms with Crippen LogP contribution in [0, 0.1) is 11.3 Å². The summed E-state index contributed by atoms with van der Waals surface area (Å²) in [7, 11) is 0. The average Bonchev–Trinajstić information content (AvgIpc) is 3.88. The van der Waals surface area contributed by atoms with Gasteiger partial charge in [-0.1, -0.05) is 91.0 Å². The molecule has 0 N–H and O–H groups in total. The Kier molecular flexibility index (Phi) is 6.28. The van der Waals surface area contributed by atoms with Gasteiger partial charge in [0.2, 0.25) is 0 Å². The molecule has 11 aromatic rings. The Morgan fingerprint density at radius 1 is 0.358 bits per heavy atom. The zero-order chi connectivity index (χ0) is 35.0. The van der Waals surface area contributed by atoms with Gasteiger partial charge in [0.1, 0.15) is 11.2 Å². The molecule has 0 fully saturated rings. The third kappa shape index (κ3) is 4.48. The van der Waals surface area contributed by atoms with Crippen LogP contribution in [-0.4, -0.2) is 9.13 Å². The second kappa shape index (κ2) is 11.3. The van der Waals surface area contributed by atoms with E-state index in [1.807, 2.05) is 36.4 Å². The van der Waals surface area contributed by atoms with Crippen molar-refractivity contribution in [3.63, 3.8) is 0 Å². The van der Waals surface area contributed by atoms with Crippen LogP contribution in [0.15, 0.2) is 180 Å². The number of benzene rings is 8. The molecule has 0 saturated heterocycles. The lowest BCUT2D eigenvalue weighted by molar-refractivity contribution is 0.669. The molecule has 0 unspecified atom stereocenters. The molecule has 0 aliphatic heterocycles. The Bertz CT molecular complexity index is 3280. The van der Waals surface area contributed by atoms with Gasteiger partial charge in [-0.2, -0.15) is 5.26 Å². The van der Waals surface area contributed by atoms with E-state index < -0.39 is 0 Å². The number of nitrogens with zero attached hydrogens (tertiary/aromatic N) is 3. The zero-order valence-electron chi connectivity index (χ0n) is 28.5. The minimum absolute atomic E-state index is 0.666. The standard InChI is InChI=1S/C49H29N3O/c50-30-31-13-15-32(16-14-31)33-17-21-36(22-18-33)51-44-10-4-1-7-38(44)41-27-34(19-24-46(41)51)35-20-25-47-42(28-35)39-8-2-5-11-45(39)52(47)37-23-26-49-43(29-37)40-9-3-6-12-48(40)53-49/h1-29H. The lowest BCUT2D eigenvalue weighted by Crippen LogP contribution is -1.94. The summed E-state index contributed by atoms with van der Waals surface area (Å²) in [6, 6.07) is 64.5. The molecule has 11 rings (SSSR count). The van der Waals surface area contributed by atoms with Crippen molar-refractivity contribution in [2.45, 2.75) is 0 Å². The normalized spacial score (nSPS) is 11.8. The third-order valence-electron chi connectivity index (χ3n) is 10.8. The van der Waals surface area contributed by atoms with Crippen molar-refractivity contribution in [3.05, 3.63) is 181 Å². The molecular formula is C49H29N3O. The first kappa shape index (κ1) is 29.4. The monoisotopic (exact) mass is 675 g/mol. The topological polar surface area (TPSA) is 46.8 Å². The molecule has 0 aliphatic carbocycles. The lowest BCUT2D eigenvalue weighted by atomic mass is 10.0. The smallest absolute Gasteiger partial charge is 0.135 e. The van der Waals surface area contributed by atoms with Crippen molar-refractivity contribution in [2.24, 2.45) is 0 Å². The van der Waals surface area contributed by atoms with Crippen LogP contribution in [0.25, 0.3) is 99.2 Å². The van der Waals surface area contributed by atoms with E-state index in [9.17, 15) is 5.26 Å². The maximum absolute atomic E-state index is 9.21. The van der Waals surface area contributed by atoms with E-state index in [2.05, 4.69) is 155 Å². The van der Waals surface area contributed by atoms with Crippen LogP contribution in [0.5, 0.6) is 0 Å². The Balaban J connectivity index is 1.03. The molecular weight excluding hydrogens is 647 g/mol. The van der Waals surface area contributed by atoms with Gasteiger partial charge < -0.3 is 13.6 Å². The Morgan fingerprint density at radius 3 is 1.45 bits per heavy atom. The van der Waals surface area contributed by atoms with Gasteiger partial charge in [0.25, 0.3) is 0 Å². The van der Waals surface area contributed by atoms with Crippen LogP contribution >= 0.6 is 0 Å². The number of aromatic nitrogens is 2. The summed E-state index contributed by atoms with van der Waals surface area (Å²) in [5.74, 6) is 0. The fourth-order valence-electron chi connectivity index (χ4n) is 8.25. The first-order chi connectivity index (χ1) is 26.2. The van der Waals surface area contributed by atoms with E-state index in [4.69, 9.17) is 4.42 Å². The van der Waals surface area contributed by atoms with Crippen LogP contribution in [-0.2, 0) is 0 Å². The first-order valence-electron chi connectivity index (χ1n) is 17.8. The minimum atomic E-state index is 0.666. The van der Waals surface area contributed by atoms with Crippen LogP contribution in [0.3, 0.4) is 0 Å². The van der Waals surface area contributed by atoms with Gasteiger partial charge in [-0.15, -0.1) is 0 Å². The van der Waals surface area contributed by atoms with Gasteiger partial charge in [0, 0.05) is 43.7 Å². The highest BCUT2D eigenvalue weighted by Gasteiger charge is 2.17. The molecule has 0 amide bonds. The van der Waals surface area contributed by atoms with Gasteiger partial charge in [-0.25, -0.2) is 0 Å². The minimum Gasteiger partial charge on any atom is -0.456 e. The van der Waals surface area contributed by atoms with E-state index in [0.717, 1.165) is 44.4 Å². The predicted molar refractivity (Wildman–Crippen MR) is 218 cm³/mol. The molecule has 0 atom stereocenters. The first-order valence-corrected chi connectivity index (χ1v) is 17.8. The summed E-state index contributed by atoms with van der Waals surface area (Å²) in [4.78, 5) is 0. The van der Waals surface area contributed by atoms with Gasteiger partial charge >= 0.3 is 0 Å². The van der Waals surface area contributed by atoms with Gasteiger partial charge in [0.15, 0.2) is 0 Å². The number of para-hydroxylation sites is 3. The number of rotatable bonds is 4. The van der Waals surface area contributed by atoms with Crippen LogP contribution in [0.1, 0.15) is 5.56 Å². The summed E-state index contributed by atoms with van der Waals surface area (Å²) in [6.45, 7) is 0. The molecule has 0 spiro atoms. The number of hydrogen-bond acceptors (Lipinski definition) is 2. The Hall–Kier alpha value is -7.35. The molecule has 0 radical (unpaired) electrons. The molecule has 8 aromatic carbocycles. The second-order valence-electron chi connectivity index (χ2n) is 13.7. The third-order valence-corrected chi connectivity index (χ3v) is 10.8. The molecule has 3 aromatic heterocycles. The fraction of sp³-hybridized carbons (Fsp3) is 0. The predicted octanol–water partition coefficient (Wildman–Crippen LogP) is 13.0. The van der Waals surface area contributed by atoms with Crippen molar-refractivity contribution in [1.29, 1.82) is 5.26 Å². The number of furan rings is 1. The lowest BCUT2D eigenvalue weighted by Gasteiger charge is -2.10. The number of hydrogen-bond donors (Lipinski definition) is 0. The van der Waals surface area contributed by atoms with E-state index in [1.165, 1.54) is 54.7 Å². The molecule has 4 nitrogen and oxygen atoms in total. The highest BCUT2D eigenvalue weighted by Crippen LogP contribution is 2.39. The summed E-state index contributed by atoms with van der Waals surface area (Å²) < 4.78 is 10.9. The molecule has 3 heterocycles. The number of nitriles is 1. The van der Waals surface area contributed by atoms with Gasteiger partial charge in [-0.05, 0) is 107 Å². The Labute approximate surface area is 304 Å². The van der Waals surface area contributed by atoms with E-state index in [-0.39, 0.29) is 0 Å². The SMILES string of the molecule is N#Cc1ccc(-c2ccc(-n3c4ccccc4c4cc(-c5ccc6c(c5)c5ccccc5n6-c5ccc6oc7ccccc7c6c5)ccc43)cc2)cc1. The molecule has 0 saturated carbocycles. The maximum Gasteiger partial charge on any atom is 0.135 e. The second-order valence-corrected chi connectivity index (χ2v) is 13.7. The summed E-state index contributed by atoms with van der Waals surface area (Å²) in [5, 5.41) is 16.3. The molecule has 53 heavy (non-hydrogen) atoms. The van der Waals surface area contributed by atoms with Crippen molar-refractivity contribution >= 4 is 65.6 Å². The van der Waals surface area contributed by atoms with Crippen molar-refractivity contribution < 1.29 is 4.42 Å². The highest BCUT2D eigenvalue weighted by molar-refractivity contribution is 6.13. The Morgan fingerprint density at radius 2 is 0.830 bits per heavy atom. The zero-order valence-corrected chi connectivity index (χ0v) is 28.5.